The van der Waals surface area contributed by atoms with Crippen molar-refractivity contribution in [1.29, 1.82) is 0 Å². The van der Waals surface area contributed by atoms with E-state index >= 15 is 0 Å². The minimum atomic E-state index is -1.10. The van der Waals surface area contributed by atoms with Crippen molar-refractivity contribution in [3.05, 3.63) is 12.2 Å². The highest BCUT2D eigenvalue weighted by Crippen LogP contribution is 2.23. The van der Waals surface area contributed by atoms with Crippen LogP contribution in [0.3, 0.4) is 0 Å². The predicted octanol–water partition coefficient (Wildman–Crippen LogP) is 1.90. The van der Waals surface area contributed by atoms with E-state index in [0.29, 0.717) is 0 Å². The average Bonchev–Trinajstić information content (AvgIpc) is 2.15. The molecule has 82 valence electrons. The molecule has 0 aliphatic rings. The van der Waals surface area contributed by atoms with Crippen molar-refractivity contribution in [1.82, 2.24) is 0 Å². The standard InChI is InChI=1S/C11H20O3/c1-5-6-7-8-11(2,3)9(12)10(13)14-4/h7-9,12H,5-6H2,1-4H3/b8-7+. The molecule has 0 aromatic heterocycles. The first-order chi connectivity index (χ1) is 6.45. The lowest BCUT2D eigenvalue weighted by molar-refractivity contribution is -0.155. The number of hydrogen-bond donors (Lipinski definition) is 1. The summed E-state index contributed by atoms with van der Waals surface area (Å²) in [5, 5.41) is 9.62. The molecule has 0 heterocycles. The van der Waals surface area contributed by atoms with Crippen LogP contribution in [0.1, 0.15) is 33.6 Å². The van der Waals surface area contributed by atoms with Gasteiger partial charge in [0.05, 0.1) is 7.11 Å². The van der Waals surface area contributed by atoms with Crippen molar-refractivity contribution in [2.75, 3.05) is 7.11 Å². The molecule has 0 saturated carbocycles. The first kappa shape index (κ1) is 13.2. The summed E-state index contributed by atoms with van der Waals surface area (Å²) in [6.07, 6.45) is 4.75. The molecule has 0 fully saturated rings. The van der Waals surface area contributed by atoms with Gasteiger partial charge in [-0.2, -0.15) is 0 Å². The fourth-order valence-corrected chi connectivity index (χ4v) is 1.06. The Kier molecular flexibility index (Phi) is 5.46. The van der Waals surface area contributed by atoms with Crippen molar-refractivity contribution < 1.29 is 14.6 Å². The summed E-state index contributed by atoms with van der Waals surface area (Å²) in [7, 11) is 1.28. The van der Waals surface area contributed by atoms with E-state index in [1.807, 2.05) is 12.2 Å². The SMILES string of the molecule is CCC/C=C/C(C)(C)C(O)C(=O)OC. The monoisotopic (exact) mass is 200 g/mol. The van der Waals surface area contributed by atoms with E-state index in [-0.39, 0.29) is 0 Å². The summed E-state index contributed by atoms with van der Waals surface area (Å²) in [6.45, 7) is 5.69. The molecule has 0 aliphatic heterocycles. The number of allylic oxidation sites excluding steroid dienone is 1. The molecule has 0 saturated heterocycles. The largest absolute Gasteiger partial charge is 0.467 e. The van der Waals surface area contributed by atoms with Crippen LogP contribution in [0.2, 0.25) is 0 Å². The van der Waals surface area contributed by atoms with Gasteiger partial charge in [0.15, 0.2) is 6.10 Å². The van der Waals surface area contributed by atoms with Gasteiger partial charge in [-0.15, -0.1) is 0 Å². The number of aliphatic hydroxyl groups excluding tert-OH is 1. The molecule has 1 atom stereocenters. The third-order valence-electron chi connectivity index (χ3n) is 2.13. The third-order valence-corrected chi connectivity index (χ3v) is 2.13. The van der Waals surface area contributed by atoms with Gasteiger partial charge in [-0.25, -0.2) is 4.79 Å². The second-order valence-electron chi connectivity index (χ2n) is 3.94. The molecule has 0 bridgehead atoms. The highest BCUT2D eigenvalue weighted by atomic mass is 16.5. The van der Waals surface area contributed by atoms with E-state index in [0.717, 1.165) is 12.8 Å². The second kappa shape index (κ2) is 5.81. The van der Waals surface area contributed by atoms with Crippen LogP contribution in [-0.4, -0.2) is 24.3 Å². The first-order valence-corrected chi connectivity index (χ1v) is 4.89. The van der Waals surface area contributed by atoms with Crippen LogP contribution in [0.5, 0.6) is 0 Å². The van der Waals surface area contributed by atoms with Crippen LogP contribution in [0.15, 0.2) is 12.2 Å². The Hall–Kier alpha value is -0.830. The van der Waals surface area contributed by atoms with Gasteiger partial charge < -0.3 is 9.84 Å². The maximum Gasteiger partial charge on any atom is 0.335 e. The summed E-state index contributed by atoms with van der Waals surface area (Å²) < 4.78 is 4.48. The molecule has 1 unspecified atom stereocenters. The summed E-state index contributed by atoms with van der Waals surface area (Å²) >= 11 is 0. The Morgan fingerprint density at radius 1 is 1.57 bits per heavy atom. The number of rotatable bonds is 5. The Morgan fingerprint density at radius 3 is 2.57 bits per heavy atom. The van der Waals surface area contributed by atoms with Crippen LogP contribution in [-0.2, 0) is 9.53 Å². The van der Waals surface area contributed by atoms with E-state index in [1.54, 1.807) is 13.8 Å². The quantitative estimate of drug-likeness (QED) is 0.544. The smallest absolute Gasteiger partial charge is 0.335 e. The fourth-order valence-electron chi connectivity index (χ4n) is 1.06. The third kappa shape index (κ3) is 3.92. The minimum absolute atomic E-state index is 0.567. The number of hydrogen-bond acceptors (Lipinski definition) is 3. The Balaban J connectivity index is 4.36. The number of unbranched alkanes of at least 4 members (excludes halogenated alkanes) is 1. The average molecular weight is 200 g/mol. The van der Waals surface area contributed by atoms with E-state index in [1.165, 1.54) is 7.11 Å². The number of ether oxygens (including phenoxy) is 1. The van der Waals surface area contributed by atoms with Gasteiger partial charge in [0.1, 0.15) is 0 Å². The molecule has 14 heavy (non-hydrogen) atoms. The van der Waals surface area contributed by atoms with E-state index in [9.17, 15) is 9.90 Å². The van der Waals surface area contributed by atoms with Crippen molar-refractivity contribution in [3.63, 3.8) is 0 Å². The van der Waals surface area contributed by atoms with E-state index < -0.39 is 17.5 Å². The summed E-state index contributed by atoms with van der Waals surface area (Å²) in [6, 6.07) is 0. The molecule has 3 heteroatoms. The van der Waals surface area contributed by atoms with Crippen LogP contribution >= 0.6 is 0 Å². The van der Waals surface area contributed by atoms with Crippen LogP contribution in [0.4, 0.5) is 0 Å². The molecule has 0 rings (SSSR count). The van der Waals surface area contributed by atoms with Gasteiger partial charge >= 0.3 is 5.97 Å². The van der Waals surface area contributed by atoms with Gasteiger partial charge in [-0.3, -0.25) is 0 Å². The van der Waals surface area contributed by atoms with Crippen molar-refractivity contribution in [2.24, 2.45) is 5.41 Å². The minimum Gasteiger partial charge on any atom is -0.467 e. The molecule has 1 N–H and O–H groups in total. The lowest BCUT2D eigenvalue weighted by Gasteiger charge is -2.24. The molecular weight excluding hydrogens is 180 g/mol. The first-order valence-electron chi connectivity index (χ1n) is 4.89. The predicted molar refractivity (Wildman–Crippen MR) is 55.9 cm³/mol. The van der Waals surface area contributed by atoms with Gasteiger partial charge in [0.25, 0.3) is 0 Å². The van der Waals surface area contributed by atoms with Gasteiger partial charge in [0, 0.05) is 5.41 Å². The van der Waals surface area contributed by atoms with Crippen LogP contribution in [0.25, 0.3) is 0 Å². The summed E-state index contributed by atoms with van der Waals surface area (Å²) in [5.74, 6) is -0.587. The van der Waals surface area contributed by atoms with E-state index in [2.05, 4.69) is 11.7 Å². The number of carbonyl (C=O) groups is 1. The normalized spacial score (nSPS) is 14.4. The second-order valence-corrected chi connectivity index (χ2v) is 3.94. The van der Waals surface area contributed by atoms with Crippen LogP contribution in [0, 0.1) is 5.41 Å². The highest BCUT2D eigenvalue weighted by molar-refractivity contribution is 5.75. The lowest BCUT2D eigenvalue weighted by Crippen LogP contribution is -2.35. The Bertz CT molecular complexity index is 207. The molecule has 0 amide bonds. The highest BCUT2D eigenvalue weighted by Gasteiger charge is 2.31. The maximum atomic E-state index is 11.1. The summed E-state index contributed by atoms with van der Waals surface area (Å²) in [4.78, 5) is 11.1. The van der Waals surface area contributed by atoms with Crippen molar-refractivity contribution >= 4 is 5.97 Å². The number of carbonyl (C=O) groups excluding carboxylic acids is 1. The zero-order valence-corrected chi connectivity index (χ0v) is 9.41. The molecule has 0 aliphatic carbocycles. The molecule has 3 nitrogen and oxygen atoms in total. The lowest BCUT2D eigenvalue weighted by atomic mass is 9.86. The molecule has 0 aromatic carbocycles. The zero-order chi connectivity index (χ0) is 11.2. The number of aliphatic hydroxyl groups is 1. The zero-order valence-electron chi connectivity index (χ0n) is 9.41. The van der Waals surface area contributed by atoms with Gasteiger partial charge in [0.2, 0.25) is 0 Å². The van der Waals surface area contributed by atoms with Crippen molar-refractivity contribution in [2.45, 2.75) is 39.7 Å². The van der Waals surface area contributed by atoms with Crippen molar-refractivity contribution in [3.8, 4) is 0 Å². The Labute approximate surface area is 85.8 Å². The maximum absolute atomic E-state index is 11.1. The molecule has 0 spiro atoms. The molecule has 0 aromatic rings. The number of esters is 1. The van der Waals surface area contributed by atoms with E-state index in [4.69, 9.17) is 0 Å². The fraction of sp³-hybridized carbons (Fsp3) is 0.727. The topological polar surface area (TPSA) is 46.5 Å². The Morgan fingerprint density at radius 2 is 2.14 bits per heavy atom. The van der Waals surface area contributed by atoms with Gasteiger partial charge in [-0.1, -0.05) is 39.3 Å². The number of methoxy groups -OCH3 is 1. The summed E-state index contributed by atoms with van der Waals surface area (Å²) in [5.41, 5.74) is -0.567. The van der Waals surface area contributed by atoms with Crippen LogP contribution < -0.4 is 0 Å². The molecular formula is C11H20O3. The van der Waals surface area contributed by atoms with Gasteiger partial charge in [-0.05, 0) is 6.42 Å². The molecule has 0 radical (unpaired) electrons.